The molecule has 9 nitrogen and oxygen atoms in total. The molecule has 4 rings (SSSR count). The first-order chi connectivity index (χ1) is 15.8. The van der Waals surface area contributed by atoms with Crippen molar-refractivity contribution < 1.29 is 23.6 Å². The van der Waals surface area contributed by atoms with Crippen LogP contribution in [0.15, 0.2) is 48.7 Å². The number of rotatable bonds is 6. The normalized spacial score (nSPS) is 15.6. The van der Waals surface area contributed by atoms with Crippen LogP contribution in [0.2, 0.25) is 5.02 Å². The summed E-state index contributed by atoms with van der Waals surface area (Å²) in [6.45, 7) is 0.379. The molecule has 4 N–H and O–H groups in total. The summed E-state index contributed by atoms with van der Waals surface area (Å²) in [6.07, 6.45) is 0.889. The lowest BCUT2D eigenvalue weighted by Crippen LogP contribution is -2.50. The maximum Gasteiger partial charge on any atom is 0.429 e. The minimum atomic E-state index is -0.984. The SMILES string of the molecule is NC(=O)On1cc(CC(=O)N2NCC[C@H]2C(=O)NCc2cccc(Cl)c2F)c2ccccc21. The van der Waals surface area contributed by atoms with Gasteiger partial charge < -0.3 is 15.9 Å². The molecule has 0 spiro atoms. The standard InChI is InChI=1S/C22H21ClFN5O4/c23-16-6-3-4-13(20(16)24)11-26-21(31)18-8-9-27-29(18)19(30)10-14-12-28(33-22(25)32)17-7-2-1-5-15(14)17/h1-7,12,18,27H,8-11H2,(H2,25,32)(H,26,31)/t18-/m0/s1. The van der Waals surface area contributed by atoms with Crippen LogP contribution < -0.4 is 21.3 Å². The van der Waals surface area contributed by atoms with E-state index in [1.165, 1.54) is 28.1 Å². The van der Waals surface area contributed by atoms with Crippen molar-refractivity contribution in [3.8, 4) is 0 Å². The van der Waals surface area contributed by atoms with Crippen LogP contribution in [0.4, 0.5) is 9.18 Å². The van der Waals surface area contributed by atoms with Crippen LogP contribution >= 0.6 is 11.6 Å². The number of hydrogen-bond acceptors (Lipinski definition) is 5. The second-order valence-corrected chi connectivity index (χ2v) is 7.90. The van der Waals surface area contributed by atoms with Gasteiger partial charge in [-0.15, -0.1) is 0 Å². The van der Waals surface area contributed by atoms with Gasteiger partial charge in [-0.3, -0.25) is 14.6 Å². The number of amides is 3. The quantitative estimate of drug-likeness (QED) is 0.505. The number of halogens is 2. The van der Waals surface area contributed by atoms with E-state index in [4.69, 9.17) is 22.2 Å². The van der Waals surface area contributed by atoms with Crippen LogP contribution in [0.5, 0.6) is 0 Å². The fourth-order valence-electron chi connectivity index (χ4n) is 3.84. The molecular formula is C22H21ClFN5O4. The molecule has 3 amide bonds. The number of nitrogens with zero attached hydrogens (tertiary/aromatic N) is 2. The molecule has 172 valence electrons. The zero-order valence-corrected chi connectivity index (χ0v) is 18.1. The van der Waals surface area contributed by atoms with Crippen molar-refractivity contribution in [3.63, 3.8) is 0 Å². The van der Waals surface area contributed by atoms with Gasteiger partial charge in [0.05, 0.1) is 17.0 Å². The smallest absolute Gasteiger partial charge is 0.350 e. The predicted octanol–water partition coefficient (Wildman–Crippen LogP) is 1.91. The van der Waals surface area contributed by atoms with E-state index < -0.39 is 23.9 Å². The molecule has 0 unspecified atom stereocenters. The molecule has 1 aromatic heterocycles. The molecule has 1 saturated heterocycles. The summed E-state index contributed by atoms with van der Waals surface area (Å²) in [6, 6.07) is 10.9. The molecule has 2 aromatic carbocycles. The fraction of sp³-hybridized carbons (Fsp3) is 0.227. The van der Waals surface area contributed by atoms with Crippen LogP contribution in [-0.4, -0.2) is 40.2 Å². The van der Waals surface area contributed by atoms with Gasteiger partial charge in [0.25, 0.3) is 0 Å². The van der Waals surface area contributed by atoms with Crippen LogP contribution in [-0.2, 0) is 22.6 Å². The number of primary amides is 1. The van der Waals surface area contributed by atoms with Gasteiger partial charge in [-0.25, -0.2) is 14.6 Å². The summed E-state index contributed by atoms with van der Waals surface area (Å²) in [5.74, 6) is -1.35. The minimum absolute atomic E-state index is 0.0273. The Kier molecular flexibility index (Phi) is 6.47. The molecule has 33 heavy (non-hydrogen) atoms. The summed E-state index contributed by atoms with van der Waals surface area (Å²) < 4.78 is 15.3. The van der Waals surface area contributed by atoms with Crippen molar-refractivity contribution in [1.29, 1.82) is 0 Å². The van der Waals surface area contributed by atoms with E-state index in [0.717, 1.165) is 0 Å². The van der Waals surface area contributed by atoms with E-state index in [2.05, 4.69) is 10.7 Å². The summed E-state index contributed by atoms with van der Waals surface area (Å²) in [7, 11) is 0. The molecule has 0 bridgehead atoms. The first kappa shape index (κ1) is 22.6. The van der Waals surface area contributed by atoms with E-state index >= 15 is 0 Å². The number of nitrogens with one attached hydrogen (secondary N) is 2. The number of fused-ring (bicyclic) bond motifs is 1. The molecule has 2 heterocycles. The van der Waals surface area contributed by atoms with Crippen molar-refractivity contribution in [2.24, 2.45) is 5.73 Å². The van der Waals surface area contributed by atoms with E-state index in [9.17, 15) is 18.8 Å². The molecule has 11 heteroatoms. The number of carbonyl (C=O) groups is 3. The second kappa shape index (κ2) is 9.47. The zero-order chi connectivity index (χ0) is 23.5. The fourth-order valence-corrected chi connectivity index (χ4v) is 4.03. The number of hydrogen-bond donors (Lipinski definition) is 3. The van der Waals surface area contributed by atoms with E-state index in [-0.39, 0.29) is 29.5 Å². The number of nitrogens with two attached hydrogens (primary N) is 1. The largest absolute Gasteiger partial charge is 0.429 e. The topological polar surface area (TPSA) is 119 Å². The Balaban J connectivity index is 1.46. The molecule has 1 aliphatic rings. The number of carbonyl (C=O) groups excluding carboxylic acids is 3. The Bertz CT molecular complexity index is 1230. The van der Waals surface area contributed by atoms with Crippen molar-refractivity contribution in [2.75, 3.05) is 6.54 Å². The monoisotopic (exact) mass is 473 g/mol. The highest BCUT2D eigenvalue weighted by Gasteiger charge is 2.34. The lowest BCUT2D eigenvalue weighted by atomic mass is 10.1. The highest BCUT2D eigenvalue weighted by Crippen LogP contribution is 2.23. The highest BCUT2D eigenvalue weighted by molar-refractivity contribution is 6.30. The molecule has 0 radical (unpaired) electrons. The number of aromatic nitrogens is 1. The third-order valence-electron chi connectivity index (χ3n) is 5.36. The first-order valence-corrected chi connectivity index (χ1v) is 10.6. The second-order valence-electron chi connectivity index (χ2n) is 7.49. The van der Waals surface area contributed by atoms with E-state index in [1.807, 2.05) is 0 Å². The molecule has 1 fully saturated rings. The van der Waals surface area contributed by atoms with Gasteiger partial charge in [0, 0.05) is 30.2 Å². The van der Waals surface area contributed by atoms with E-state index in [0.29, 0.717) is 29.4 Å². The maximum absolute atomic E-state index is 14.1. The number of hydrazine groups is 1. The predicted molar refractivity (Wildman–Crippen MR) is 118 cm³/mol. The lowest BCUT2D eigenvalue weighted by molar-refractivity contribution is -0.140. The van der Waals surface area contributed by atoms with Gasteiger partial charge in [0.2, 0.25) is 11.8 Å². The first-order valence-electron chi connectivity index (χ1n) is 10.2. The van der Waals surface area contributed by atoms with Crippen molar-refractivity contribution in [3.05, 3.63) is 70.6 Å². The summed E-state index contributed by atoms with van der Waals surface area (Å²) in [4.78, 5) is 42.0. The van der Waals surface area contributed by atoms with Gasteiger partial charge >= 0.3 is 6.09 Å². The zero-order valence-electron chi connectivity index (χ0n) is 17.4. The molecule has 1 aliphatic heterocycles. The van der Waals surface area contributed by atoms with Gasteiger partial charge in [0.1, 0.15) is 11.9 Å². The van der Waals surface area contributed by atoms with Crippen LogP contribution in [0.25, 0.3) is 10.9 Å². The molecular weight excluding hydrogens is 453 g/mol. The van der Waals surface area contributed by atoms with Gasteiger partial charge in [-0.1, -0.05) is 41.9 Å². The Hall–Kier alpha value is -3.63. The number of para-hydroxylation sites is 1. The Morgan fingerprint density at radius 1 is 1.18 bits per heavy atom. The van der Waals surface area contributed by atoms with Crippen LogP contribution in [0.1, 0.15) is 17.5 Å². The average Bonchev–Trinajstić information content (AvgIpc) is 3.40. The van der Waals surface area contributed by atoms with Crippen molar-refractivity contribution in [2.45, 2.75) is 25.4 Å². The van der Waals surface area contributed by atoms with E-state index in [1.54, 1.807) is 30.3 Å². The summed E-state index contributed by atoms with van der Waals surface area (Å²) in [5.41, 5.74) is 9.48. The van der Waals surface area contributed by atoms with Gasteiger partial charge in [-0.05, 0) is 24.1 Å². The third-order valence-corrected chi connectivity index (χ3v) is 5.65. The third kappa shape index (κ3) is 4.76. The summed E-state index contributed by atoms with van der Waals surface area (Å²) in [5, 5.41) is 4.63. The van der Waals surface area contributed by atoms with Gasteiger partial charge in [-0.2, -0.15) is 4.73 Å². The lowest BCUT2D eigenvalue weighted by Gasteiger charge is -2.23. The molecule has 1 atom stereocenters. The molecule has 0 aliphatic carbocycles. The summed E-state index contributed by atoms with van der Waals surface area (Å²) >= 11 is 5.78. The van der Waals surface area contributed by atoms with Crippen LogP contribution in [0, 0.1) is 5.82 Å². The molecule has 3 aromatic rings. The maximum atomic E-state index is 14.1. The Morgan fingerprint density at radius 3 is 2.76 bits per heavy atom. The molecule has 0 saturated carbocycles. The minimum Gasteiger partial charge on any atom is -0.350 e. The Morgan fingerprint density at radius 2 is 1.97 bits per heavy atom. The Labute approximate surface area is 193 Å². The number of benzene rings is 2. The van der Waals surface area contributed by atoms with Crippen LogP contribution in [0.3, 0.4) is 0 Å². The van der Waals surface area contributed by atoms with Gasteiger partial charge in [0.15, 0.2) is 0 Å². The highest BCUT2D eigenvalue weighted by atomic mass is 35.5. The van der Waals surface area contributed by atoms with Crippen molar-refractivity contribution in [1.82, 2.24) is 20.5 Å². The average molecular weight is 474 g/mol. The van der Waals surface area contributed by atoms with Crippen molar-refractivity contribution >= 4 is 40.4 Å².